The maximum atomic E-state index is 11.6. The van der Waals surface area contributed by atoms with Crippen molar-refractivity contribution in [2.45, 2.75) is 4.90 Å². The van der Waals surface area contributed by atoms with Crippen LogP contribution in [0.2, 0.25) is 0 Å². The molecule has 8 nitrogen and oxygen atoms in total. The summed E-state index contributed by atoms with van der Waals surface area (Å²) in [6, 6.07) is 37.3. The first-order chi connectivity index (χ1) is 20.3. The molecule has 0 amide bonds. The zero-order valence-corrected chi connectivity index (χ0v) is 24.2. The summed E-state index contributed by atoms with van der Waals surface area (Å²) in [6.45, 7) is 0. The first kappa shape index (κ1) is 28.5. The van der Waals surface area contributed by atoms with Gasteiger partial charge in [0.05, 0.1) is 26.2 Å². The van der Waals surface area contributed by atoms with Gasteiger partial charge in [-0.3, -0.25) is 4.55 Å². The van der Waals surface area contributed by atoms with Crippen molar-refractivity contribution in [2.75, 3.05) is 31.1 Å². The molecular formula is C33H30N2O6S. The number of methoxy groups -OCH3 is 3. The third kappa shape index (κ3) is 6.17. The van der Waals surface area contributed by atoms with Gasteiger partial charge in [0.1, 0.15) is 17.2 Å². The molecule has 0 heterocycles. The molecule has 5 aromatic carbocycles. The molecule has 0 radical (unpaired) electrons. The Bertz CT molecular complexity index is 1670. The molecule has 42 heavy (non-hydrogen) atoms. The molecule has 0 aliphatic rings. The summed E-state index contributed by atoms with van der Waals surface area (Å²) in [5, 5.41) is 0. The molecule has 0 unspecified atom stereocenters. The molecule has 1 N–H and O–H groups in total. The maximum Gasteiger partial charge on any atom is 0.294 e. The highest BCUT2D eigenvalue weighted by Gasteiger charge is 2.17. The third-order valence-corrected chi connectivity index (χ3v) is 7.62. The van der Waals surface area contributed by atoms with Crippen molar-refractivity contribution in [2.24, 2.45) is 0 Å². The average molecular weight is 583 g/mol. The Hall–Kier alpha value is -4.99. The Kier molecular flexibility index (Phi) is 8.33. The molecule has 0 fully saturated rings. The first-order valence-electron chi connectivity index (χ1n) is 13.0. The standard InChI is InChI=1S/C33H30N2O6S/c1-39-30-16-8-26(9-17-30)34(27-10-18-31(40-2)19-11-27)24-4-6-25(7-5-24)35(28-12-20-32(41-3)21-13-28)29-14-22-33(23-15-29)42(36,37)38/h4-23H,1-3H3,(H,36,37,38). The van der Waals surface area contributed by atoms with E-state index in [9.17, 15) is 13.0 Å². The highest BCUT2D eigenvalue weighted by Crippen LogP contribution is 2.40. The maximum absolute atomic E-state index is 11.6. The van der Waals surface area contributed by atoms with Crippen LogP contribution in [0.3, 0.4) is 0 Å². The lowest BCUT2D eigenvalue weighted by Crippen LogP contribution is -2.12. The zero-order valence-electron chi connectivity index (χ0n) is 23.3. The SMILES string of the molecule is COc1ccc(N(c2ccc(OC)cc2)c2ccc(N(c3ccc(OC)cc3)c3ccc(S(=O)(=O)O)cc3)cc2)cc1. The van der Waals surface area contributed by atoms with Crippen molar-refractivity contribution in [3.63, 3.8) is 0 Å². The van der Waals surface area contributed by atoms with E-state index in [2.05, 4.69) is 4.90 Å². The topological polar surface area (TPSA) is 88.5 Å². The molecule has 0 saturated heterocycles. The third-order valence-electron chi connectivity index (χ3n) is 6.75. The van der Waals surface area contributed by atoms with E-state index < -0.39 is 10.1 Å². The summed E-state index contributed by atoms with van der Waals surface area (Å²) in [4.78, 5) is 3.94. The second kappa shape index (κ2) is 12.3. The van der Waals surface area contributed by atoms with Crippen molar-refractivity contribution < 1.29 is 27.2 Å². The Morgan fingerprint density at radius 2 is 0.643 bits per heavy atom. The van der Waals surface area contributed by atoms with Crippen LogP contribution in [0.5, 0.6) is 17.2 Å². The lowest BCUT2D eigenvalue weighted by molar-refractivity contribution is 0.414. The number of nitrogens with zero attached hydrogens (tertiary/aromatic N) is 2. The molecule has 9 heteroatoms. The predicted octanol–water partition coefficient (Wildman–Crippen LogP) is 7.90. The van der Waals surface area contributed by atoms with Crippen molar-refractivity contribution >= 4 is 44.2 Å². The van der Waals surface area contributed by atoms with Gasteiger partial charge in [0.15, 0.2) is 0 Å². The lowest BCUT2D eigenvalue weighted by atomic mass is 10.1. The summed E-state index contributed by atoms with van der Waals surface area (Å²) < 4.78 is 48.8. The first-order valence-corrected chi connectivity index (χ1v) is 14.4. The van der Waals surface area contributed by atoms with Gasteiger partial charge < -0.3 is 24.0 Å². The summed E-state index contributed by atoms with van der Waals surface area (Å²) >= 11 is 0. The minimum atomic E-state index is -4.32. The van der Waals surface area contributed by atoms with Gasteiger partial charge >= 0.3 is 0 Å². The molecule has 0 aliphatic carbocycles. The van der Waals surface area contributed by atoms with Crippen LogP contribution in [0, 0.1) is 0 Å². The number of anilines is 6. The van der Waals surface area contributed by atoms with E-state index in [1.54, 1.807) is 33.5 Å². The fourth-order valence-corrected chi connectivity index (χ4v) is 5.09. The van der Waals surface area contributed by atoms with Crippen LogP contribution >= 0.6 is 0 Å². The Morgan fingerprint density at radius 3 is 0.857 bits per heavy atom. The van der Waals surface area contributed by atoms with E-state index in [-0.39, 0.29) is 4.90 Å². The van der Waals surface area contributed by atoms with E-state index in [1.807, 2.05) is 102 Å². The molecule has 0 saturated carbocycles. The summed E-state index contributed by atoms with van der Waals surface area (Å²) in [6.07, 6.45) is 0. The molecular weight excluding hydrogens is 552 g/mol. The number of hydrogen-bond acceptors (Lipinski definition) is 7. The van der Waals surface area contributed by atoms with Gasteiger partial charge in [0, 0.05) is 34.1 Å². The molecule has 214 valence electrons. The van der Waals surface area contributed by atoms with Gasteiger partial charge in [-0.1, -0.05) is 0 Å². The van der Waals surface area contributed by atoms with Gasteiger partial charge in [-0.15, -0.1) is 0 Å². The van der Waals surface area contributed by atoms with E-state index in [1.165, 1.54) is 12.1 Å². The van der Waals surface area contributed by atoms with Gasteiger partial charge in [-0.25, -0.2) is 0 Å². The Morgan fingerprint density at radius 1 is 0.429 bits per heavy atom. The minimum absolute atomic E-state index is 0.175. The highest BCUT2D eigenvalue weighted by atomic mass is 32.2. The normalized spacial score (nSPS) is 11.0. The Labute approximate surface area is 245 Å². The van der Waals surface area contributed by atoms with Crippen molar-refractivity contribution in [3.05, 3.63) is 121 Å². The van der Waals surface area contributed by atoms with Crippen LogP contribution in [0.25, 0.3) is 0 Å². The largest absolute Gasteiger partial charge is 0.497 e. The van der Waals surface area contributed by atoms with Gasteiger partial charge in [-0.05, 0) is 121 Å². The lowest BCUT2D eigenvalue weighted by Gasteiger charge is -2.28. The quantitative estimate of drug-likeness (QED) is 0.166. The summed E-state index contributed by atoms with van der Waals surface area (Å²) in [5.74, 6) is 2.24. The van der Waals surface area contributed by atoms with E-state index in [4.69, 9.17) is 14.2 Å². The predicted molar refractivity (Wildman–Crippen MR) is 165 cm³/mol. The number of rotatable bonds is 10. The average Bonchev–Trinajstić information content (AvgIpc) is 3.03. The molecule has 0 aliphatic heterocycles. The zero-order chi connectivity index (χ0) is 29.7. The smallest absolute Gasteiger partial charge is 0.294 e. The van der Waals surface area contributed by atoms with Crippen LogP contribution in [0.1, 0.15) is 0 Å². The van der Waals surface area contributed by atoms with Gasteiger partial charge in [0.2, 0.25) is 0 Å². The number of ether oxygens (including phenoxy) is 3. The fourth-order valence-electron chi connectivity index (χ4n) is 4.61. The van der Waals surface area contributed by atoms with Crippen LogP contribution in [0.4, 0.5) is 34.1 Å². The van der Waals surface area contributed by atoms with E-state index in [0.29, 0.717) is 11.4 Å². The van der Waals surface area contributed by atoms with Crippen LogP contribution < -0.4 is 24.0 Å². The highest BCUT2D eigenvalue weighted by molar-refractivity contribution is 7.85. The molecule has 0 aromatic heterocycles. The van der Waals surface area contributed by atoms with Crippen LogP contribution in [-0.2, 0) is 10.1 Å². The summed E-state index contributed by atoms with van der Waals surface area (Å²) in [5.41, 5.74) is 5.20. The van der Waals surface area contributed by atoms with Crippen LogP contribution in [0.15, 0.2) is 126 Å². The van der Waals surface area contributed by atoms with Crippen molar-refractivity contribution in [1.29, 1.82) is 0 Å². The van der Waals surface area contributed by atoms with Crippen molar-refractivity contribution in [1.82, 2.24) is 0 Å². The molecule has 0 atom stereocenters. The van der Waals surface area contributed by atoms with Crippen LogP contribution in [-0.4, -0.2) is 34.3 Å². The fraction of sp³-hybridized carbons (Fsp3) is 0.0909. The monoisotopic (exact) mass is 582 g/mol. The van der Waals surface area contributed by atoms with E-state index in [0.717, 1.165) is 39.9 Å². The van der Waals surface area contributed by atoms with Crippen molar-refractivity contribution in [3.8, 4) is 17.2 Å². The molecule has 5 rings (SSSR count). The minimum Gasteiger partial charge on any atom is -0.497 e. The van der Waals surface area contributed by atoms with Gasteiger partial charge in [-0.2, -0.15) is 8.42 Å². The molecule has 5 aromatic rings. The molecule has 0 spiro atoms. The number of hydrogen-bond donors (Lipinski definition) is 1. The second-order valence-electron chi connectivity index (χ2n) is 9.25. The second-order valence-corrected chi connectivity index (χ2v) is 10.7. The van der Waals surface area contributed by atoms with E-state index >= 15 is 0 Å². The summed E-state index contributed by atoms with van der Waals surface area (Å²) in [7, 11) is 0.569. The molecule has 0 bridgehead atoms. The number of benzene rings is 5. The Balaban J connectivity index is 1.57. The van der Waals surface area contributed by atoms with Gasteiger partial charge in [0.25, 0.3) is 10.1 Å².